The maximum absolute atomic E-state index is 12.4. The summed E-state index contributed by atoms with van der Waals surface area (Å²) in [4.78, 5) is 16.3. The zero-order valence-corrected chi connectivity index (χ0v) is 14.1. The lowest BCUT2D eigenvalue weighted by Gasteiger charge is -2.28. The summed E-state index contributed by atoms with van der Waals surface area (Å²) in [5, 5.41) is 12.9. The van der Waals surface area contributed by atoms with Crippen LogP contribution in [-0.2, 0) is 6.42 Å². The van der Waals surface area contributed by atoms with E-state index in [1.807, 2.05) is 6.07 Å². The summed E-state index contributed by atoms with van der Waals surface area (Å²) in [6, 6.07) is 6.04. The van der Waals surface area contributed by atoms with Gasteiger partial charge in [-0.3, -0.25) is 0 Å². The van der Waals surface area contributed by atoms with E-state index in [9.17, 15) is 9.90 Å². The van der Waals surface area contributed by atoms with Crippen molar-refractivity contribution in [2.24, 2.45) is 5.92 Å². The van der Waals surface area contributed by atoms with Gasteiger partial charge in [-0.1, -0.05) is 6.42 Å². The Bertz CT molecular complexity index is 575. The van der Waals surface area contributed by atoms with Gasteiger partial charge in [0.2, 0.25) is 0 Å². The molecule has 1 heterocycles. The Balaban J connectivity index is 1.61. The zero-order valence-electron chi connectivity index (χ0n) is 14.1. The van der Waals surface area contributed by atoms with Gasteiger partial charge in [0.1, 0.15) is 0 Å². The smallest absolute Gasteiger partial charge is 0.321 e. The van der Waals surface area contributed by atoms with Gasteiger partial charge < -0.3 is 20.2 Å². The van der Waals surface area contributed by atoms with E-state index in [0.29, 0.717) is 6.54 Å². The molecule has 1 aromatic rings. The maximum atomic E-state index is 12.4. The molecule has 1 aliphatic carbocycles. The van der Waals surface area contributed by atoms with Crippen molar-refractivity contribution in [1.82, 2.24) is 4.90 Å². The van der Waals surface area contributed by atoms with Crippen LogP contribution in [0.25, 0.3) is 0 Å². The maximum Gasteiger partial charge on any atom is 0.321 e. The van der Waals surface area contributed by atoms with Gasteiger partial charge in [0.25, 0.3) is 0 Å². The zero-order chi connectivity index (χ0) is 16.4. The minimum Gasteiger partial charge on any atom is -0.393 e. The molecule has 0 spiro atoms. The number of carbonyl (C=O) groups excluding carboxylic acids is 1. The largest absolute Gasteiger partial charge is 0.393 e. The van der Waals surface area contributed by atoms with Crippen LogP contribution in [0.2, 0.25) is 0 Å². The molecule has 0 bridgehead atoms. The highest BCUT2D eigenvalue weighted by Crippen LogP contribution is 2.29. The number of fused-ring (bicyclic) bond motifs is 1. The van der Waals surface area contributed by atoms with E-state index in [0.717, 1.165) is 44.3 Å². The van der Waals surface area contributed by atoms with Crippen molar-refractivity contribution in [3.05, 3.63) is 23.8 Å². The molecule has 2 unspecified atom stereocenters. The molecule has 2 aliphatic rings. The molecule has 23 heavy (non-hydrogen) atoms. The van der Waals surface area contributed by atoms with Crippen LogP contribution in [-0.4, -0.2) is 49.3 Å². The number of hydrogen-bond acceptors (Lipinski definition) is 3. The highest BCUT2D eigenvalue weighted by Gasteiger charge is 2.27. The van der Waals surface area contributed by atoms with Gasteiger partial charge in [0.15, 0.2) is 0 Å². The van der Waals surface area contributed by atoms with Gasteiger partial charge in [0, 0.05) is 44.5 Å². The standard InChI is InChI=1S/C18H27N3O2/c1-20-10-4-6-13-11-15(8-9-16(13)20)19-18(23)21(2)12-14-5-3-7-17(14)22/h8-9,11,14,17,22H,3-7,10,12H2,1-2H3,(H,19,23). The van der Waals surface area contributed by atoms with Crippen LogP contribution >= 0.6 is 0 Å². The number of hydrogen-bond donors (Lipinski definition) is 2. The van der Waals surface area contributed by atoms with Crippen molar-refractivity contribution in [1.29, 1.82) is 0 Å². The van der Waals surface area contributed by atoms with Crippen LogP contribution in [0, 0.1) is 5.92 Å². The quantitative estimate of drug-likeness (QED) is 0.901. The molecule has 1 aromatic carbocycles. The molecule has 0 saturated heterocycles. The molecule has 1 fully saturated rings. The Kier molecular flexibility index (Phi) is 4.76. The number of aliphatic hydroxyl groups is 1. The number of nitrogens with zero attached hydrogens (tertiary/aromatic N) is 2. The van der Waals surface area contributed by atoms with Crippen molar-refractivity contribution < 1.29 is 9.90 Å². The van der Waals surface area contributed by atoms with Gasteiger partial charge >= 0.3 is 6.03 Å². The third-order valence-corrected chi connectivity index (χ3v) is 5.16. The Hall–Kier alpha value is -1.75. The summed E-state index contributed by atoms with van der Waals surface area (Å²) in [5.74, 6) is 0.211. The first-order valence-corrected chi connectivity index (χ1v) is 8.59. The van der Waals surface area contributed by atoms with Crippen molar-refractivity contribution in [3.8, 4) is 0 Å². The van der Waals surface area contributed by atoms with E-state index in [1.54, 1.807) is 11.9 Å². The van der Waals surface area contributed by atoms with Crippen LogP contribution in [0.15, 0.2) is 18.2 Å². The van der Waals surface area contributed by atoms with Crippen LogP contribution < -0.4 is 10.2 Å². The number of nitrogens with one attached hydrogen (secondary N) is 1. The first-order chi connectivity index (χ1) is 11.0. The van der Waals surface area contributed by atoms with Crippen LogP contribution in [0.1, 0.15) is 31.2 Å². The number of rotatable bonds is 3. The lowest BCUT2D eigenvalue weighted by molar-refractivity contribution is 0.116. The van der Waals surface area contributed by atoms with E-state index >= 15 is 0 Å². The Morgan fingerprint density at radius 3 is 2.96 bits per heavy atom. The van der Waals surface area contributed by atoms with E-state index in [1.165, 1.54) is 11.3 Å². The lowest BCUT2D eigenvalue weighted by atomic mass is 10.0. The Labute approximate surface area is 138 Å². The molecule has 126 valence electrons. The molecule has 5 nitrogen and oxygen atoms in total. The predicted molar refractivity (Wildman–Crippen MR) is 93.0 cm³/mol. The van der Waals surface area contributed by atoms with Gasteiger partial charge in [-0.25, -0.2) is 4.79 Å². The van der Waals surface area contributed by atoms with Gasteiger partial charge in [0.05, 0.1) is 6.10 Å². The third kappa shape index (κ3) is 3.61. The molecule has 0 radical (unpaired) electrons. The van der Waals surface area contributed by atoms with Gasteiger partial charge in [-0.2, -0.15) is 0 Å². The molecule has 0 aromatic heterocycles. The summed E-state index contributed by atoms with van der Waals surface area (Å²) < 4.78 is 0. The topological polar surface area (TPSA) is 55.8 Å². The minimum atomic E-state index is -0.260. The molecular formula is C18H27N3O2. The van der Waals surface area contributed by atoms with Crippen molar-refractivity contribution >= 4 is 17.4 Å². The summed E-state index contributed by atoms with van der Waals surface area (Å²) in [7, 11) is 3.91. The summed E-state index contributed by atoms with van der Waals surface area (Å²) in [6.45, 7) is 1.70. The van der Waals surface area contributed by atoms with Gasteiger partial charge in [-0.15, -0.1) is 0 Å². The first kappa shape index (κ1) is 16.1. The molecule has 1 aliphatic heterocycles. The van der Waals surface area contributed by atoms with Crippen molar-refractivity contribution in [2.45, 2.75) is 38.2 Å². The Morgan fingerprint density at radius 2 is 2.22 bits per heavy atom. The monoisotopic (exact) mass is 317 g/mol. The first-order valence-electron chi connectivity index (χ1n) is 8.59. The van der Waals surface area contributed by atoms with Crippen LogP contribution in [0.5, 0.6) is 0 Å². The summed E-state index contributed by atoms with van der Waals surface area (Å²) in [5.41, 5.74) is 3.41. The van der Waals surface area contributed by atoms with Crippen LogP contribution in [0.3, 0.4) is 0 Å². The normalized spacial score (nSPS) is 23.5. The van der Waals surface area contributed by atoms with Crippen molar-refractivity contribution in [3.63, 3.8) is 0 Å². The SMILES string of the molecule is CN(CC1CCCC1O)C(=O)Nc1ccc2c(c1)CCCN2C. The fourth-order valence-electron chi connectivity index (χ4n) is 3.75. The third-order valence-electron chi connectivity index (χ3n) is 5.16. The highest BCUT2D eigenvalue weighted by molar-refractivity contribution is 5.89. The molecule has 5 heteroatoms. The molecule has 3 rings (SSSR count). The number of aliphatic hydroxyl groups excluding tert-OH is 1. The molecular weight excluding hydrogens is 290 g/mol. The number of anilines is 2. The second-order valence-corrected chi connectivity index (χ2v) is 6.94. The summed E-state index contributed by atoms with van der Waals surface area (Å²) >= 11 is 0. The average Bonchev–Trinajstić information content (AvgIpc) is 2.92. The molecule has 2 atom stereocenters. The number of amides is 2. The predicted octanol–water partition coefficient (Wildman–Crippen LogP) is 2.69. The summed E-state index contributed by atoms with van der Waals surface area (Å²) in [6.07, 6.45) is 4.88. The molecule has 1 saturated carbocycles. The average molecular weight is 317 g/mol. The molecule has 2 N–H and O–H groups in total. The number of urea groups is 1. The van der Waals surface area contributed by atoms with E-state index < -0.39 is 0 Å². The number of aryl methyl sites for hydroxylation is 1. The second-order valence-electron chi connectivity index (χ2n) is 6.94. The fraction of sp³-hybridized carbons (Fsp3) is 0.611. The van der Waals surface area contributed by atoms with Gasteiger partial charge in [-0.05, 0) is 49.4 Å². The van der Waals surface area contributed by atoms with E-state index in [4.69, 9.17) is 0 Å². The second kappa shape index (κ2) is 6.79. The van der Waals surface area contributed by atoms with E-state index in [2.05, 4.69) is 29.4 Å². The molecule has 2 amide bonds. The minimum absolute atomic E-state index is 0.104. The Morgan fingerprint density at radius 1 is 1.39 bits per heavy atom. The highest BCUT2D eigenvalue weighted by atomic mass is 16.3. The number of carbonyl (C=O) groups is 1. The fourth-order valence-corrected chi connectivity index (χ4v) is 3.75. The van der Waals surface area contributed by atoms with E-state index in [-0.39, 0.29) is 18.1 Å². The van der Waals surface area contributed by atoms with Crippen molar-refractivity contribution in [2.75, 3.05) is 37.4 Å². The number of benzene rings is 1. The van der Waals surface area contributed by atoms with Crippen LogP contribution in [0.4, 0.5) is 16.2 Å². The lowest BCUT2D eigenvalue weighted by Crippen LogP contribution is -2.37.